The van der Waals surface area contributed by atoms with E-state index < -0.39 is 0 Å². The minimum atomic E-state index is -0.345. The Bertz CT molecular complexity index is 910. The van der Waals surface area contributed by atoms with Crippen molar-refractivity contribution in [3.8, 4) is 17.1 Å². The lowest BCUT2D eigenvalue weighted by molar-refractivity contribution is 0.0526. The SMILES string of the molecule is CCOC(=O)c1cccc(-c2ccc(C=Nc3ccc(OC)cc3)o2)c1. The van der Waals surface area contributed by atoms with Gasteiger partial charge in [0.25, 0.3) is 0 Å². The van der Waals surface area contributed by atoms with Crippen molar-refractivity contribution in [2.45, 2.75) is 6.92 Å². The van der Waals surface area contributed by atoms with Crippen molar-refractivity contribution in [3.63, 3.8) is 0 Å². The van der Waals surface area contributed by atoms with Crippen molar-refractivity contribution in [2.75, 3.05) is 13.7 Å². The van der Waals surface area contributed by atoms with E-state index in [9.17, 15) is 4.79 Å². The summed E-state index contributed by atoms with van der Waals surface area (Å²) in [5.41, 5.74) is 2.10. The second-order valence-corrected chi connectivity index (χ2v) is 5.46. The Kier molecular flexibility index (Phi) is 5.49. The number of hydrogen-bond acceptors (Lipinski definition) is 5. The number of esters is 1. The molecule has 132 valence electrons. The number of aliphatic imine (C=N–C) groups is 1. The molecule has 0 N–H and O–H groups in total. The summed E-state index contributed by atoms with van der Waals surface area (Å²) in [6, 6.07) is 18.3. The van der Waals surface area contributed by atoms with Crippen LogP contribution in [0.4, 0.5) is 5.69 Å². The smallest absolute Gasteiger partial charge is 0.338 e. The van der Waals surface area contributed by atoms with Gasteiger partial charge in [0.05, 0.1) is 31.2 Å². The molecule has 1 heterocycles. The van der Waals surface area contributed by atoms with E-state index in [-0.39, 0.29) is 5.97 Å². The number of carbonyl (C=O) groups is 1. The summed E-state index contributed by atoms with van der Waals surface area (Å²) in [5.74, 6) is 1.72. The molecule has 0 amide bonds. The van der Waals surface area contributed by atoms with Gasteiger partial charge in [-0.1, -0.05) is 12.1 Å². The molecule has 0 fully saturated rings. The molecular formula is C21H19NO4. The Morgan fingerprint density at radius 2 is 1.92 bits per heavy atom. The van der Waals surface area contributed by atoms with E-state index in [1.807, 2.05) is 42.5 Å². The van der Waals surface area contributed by atoms with Crippen LogP contribution in [0.5, 0.6) is 5.75 Å². The first-order valence-corrected chi connectivity index (χ1v) is 8.25. The molecule has 0 bridgehead atoms. The standard InChI is InChI=1S/C21H19NO4/c1-3-25-21(23)16-6-4-5-15(13-16)20-12-11-19(26-20)14-22-17-7-9-18(24-2)10-8-17/h4-14H,3H2,1-2H3. The first-order chi connectivity index (χ1) is 12.7. The van der Waals surface area contributed by atoms with Gasteiger partial charge in [-0.25, -0.2) is 4.79 Å². The van der Waals surface area contributed by atoms with Gasteiger partial charge in [0.2, 0.25) is 0 Å². The van der Waals surface area contributed by atoms with Crippen molar-refractivity contribution in [3.05, 3.63) is 72.0 Å². The number of furan rings is 1. The highest BCUT2D eigenvalue weighted by Gasteiger charge is 2.09. The van der Waals surface area contributed by atoms with Crippen molar-refractivity contribution in [2.24, 2.45) is 4.99 Å². The largest absolute Gasteiger partial charge is 0.497 e. The number of benzene rings is 2. The zero-order valence-corrected chi connectivity index (χ0v) is 14.6. The summed E-state index contributed by atoms with van der Waals surface area (Å²) in [4.78, 5) is 16.2. The van der Waals surface area contributed by atoms with Crippen LogP contribution in [-0.4, -0.2) is 25.9 Å². The molecule has 0 spiro atoms. The van der Waals surface area contributed by atoms with Gasteiger partial charge in [-0.05, 0) is 55.5 Å². The van der Waals surface area contributed by atoms with Crippen LogP contribution in [0.15, 0.2) is 70.1 Å². The van der Waals surface area contributed by atoms with Crippen LogP contribution in [0.2, 0.25) is 0 Å². The van der Waals surface area contributed by atoms with Crippen molar-refractivity contribution >= 4 is 17.9 Å². The van der Waals surface area contributed by atoms with E-state index in [2.05, 4.69) is 4.99 Å². The highest BCUT2D eigenvalue weighted by molar-refractivity contribution is 5.91. The molecule has 0 saturated heterocycles. The number of rotatable bonds is 6. The van der Waals surface area contributed by atoms with Crippen LogP contribution < -0.4 is 4.74 Å². The van der Waals surface area contributed by atoms with E-state index in [0.29, 0.717) is 23.7 Å². The zero-order valence-electron chi connectivity index (χ0n) is 14.6. The average Bonchev–Trinajstić information content (AvgIpc) is 3.16. The van der Waals surface area contributed by atoms with E-state index in [4.69, 9.17) is 13.9 Å². The third-order valence-electron chi connectivity index (χ3n) is 3.70. The fourth-order valence-electron chi connectivity index (χ4n) is 2.40. The minimum absolute atomic E-state index is 0.343. The molecule has 0 aliphatic heterocycles. The van der Waals surface area contributed by atoms with Crippen LogP contribution >= 0.6 is 0 Å². The maximum atomic E-state index is 11.9. The molecule has 26 heavy (non-hydrogen) atoms. The lowest BCUT2D eigenvalue weighted by atomic mass is 10.1. The molecule has 0 aliphatic rings. The Morgan fingerprint density at radius 1 is 1.12 bits per heavy atom. The highest BCUT2D eigenvalue weighted by Crippen LogP contribution is 2.24. The Hall–Kier alpha value is -3.34. The van der Waals surface area contributed by atoms with Crippen LogP contribution in [0.3, 0.4) is 0 Å². The molecule has 0 atom stereocenters. The maximum Gasteiger partial charge on any atom is 0.338 e. The number of nitrogens with zero attached hydrogens (tertiary/aromatic N) is 1. The summed E-state index contributed by atoms with van der Waals surface area (Å²) >= 11 is 0. The third kappa shape index (κ3) is 4.19. The van der Waals surface area contributed by atoms with Gasteiger partial charge in [-0.3, -0.25) is 4.99 Å². The summed E-state index contributed by atoms with van der Waals surface area (Å²) in [6.07, 6.45) is 1.65. The van der Waals surface area contributed by atoms with Crippen molar-refractivity contribution < 1.29 is 18.7 Å². The predicted molar refractivity (Wildman–Crippen MR) is 100 cm³/mol. The van der Waals surface area contributed by atoms with E-state index in [0.717, 1.165) is 17.0 Å². The Balaban J connectivity index is 1.76. The number of carbonyl (C=O) groups excluding carboxylic acids is 1. The molecule has 3 rings (SSSR count). The number of ether oxygens (including phenoxy) is 2. The van der Waals surface area contributed by atoms with Crippen LogP contribution in [0.25, 0.3) is 11.3 Å². The predicted octanol–water partition coefficient (Wildman–Crippen LogP) is 4.88. The van der Waals surface area contributed by atoms with Gasteiger partial charge in [0.15, 0.2) is 0 Å². The molecular weight excluding hydrogens is 330 g/mol. The summed E-state index contributed by atoms with van der Waals surface area (Å²) in [5, 5.41) is 0. The minimum Gasteiger partial charge on any atom is -0.497 e. The fourth-order valence-corrected chi connectivity index (χ4v) is 2.40. The quantitative estimate of drug-likeness (QED) is 0.470. The summed E-state index contributed by atoms with van der Waals surface area (Å²) in [6.45, 7) is 2.12. The van der Waals surface area contributed by atoms with Crippen LogP contribution in [0.1, 0.15) is 23.0 Å². The molecule has 0 radical (unpaired) electrons. The Labute approximate surface area is 151 Å². The fraction of sp³-hybridized carbons (Fsp3) is 0.143. The first-order valence-electron chi connectivity index (χ1n) is 8.25. The van der Waals surface area contributed by atoms with Gasteiger partial charge in [-0.15, -0.1) is 0 Å². The Morgan fingerprint density at radius 3 is 2.65 bits per heavy atom. The normalized spacial score (nSPS) is 10.8. The average molecular weight is 349 g/mol. The summed E-state index contributed by atoms with van der Waals surface area (Å²) in [7, 11) is 1.62. The first kappa shape index (κ1) is 17.5. The zero-order chi connectivity index (χ0) is 18.4. The molecule has 0 unspecified atom stereocenters. The van der Waals surface area contributed by atoms with Crippen LogP contribution in [-0.2, 0) is 4.74 Å². The van der Waals surface area contributed by atoms with Gasteiger partial charge >= 0.3 is 5.97 Å². The number of hydrogen-bond donors (Lipinski definition) is 0. The molecule has 0 saturated carbocycles. The van der Waals surface area contributed by atoms with Crippen LogP contribution in [0, 0.1) is 0 Å². The van der Waals surface area contributed by atoms with E-state index in [1.165, 1.54) is 0 Å². The lowest BCUT2D eigenvalue weighted by Crippen LogP contribution is -2.04. The number of methoxy groups -OCH3 is 1. The third-order valence-corrected chi connectivity index (χ3v) is 3.70. The van der Waals surface area contributed by atoms with Gasteiger partial charge in [0, 0.05) is 5.56 Å². The highest BCUT2D eigenvalue weighted by atomic mass is 16.5. The second-order valence-electron chi connectivity index (χ2n) is 5.46. The monoisotopic (exact) mass is 349 g/mol. The molecule has 5 heteroatoms. The topological polar surface area (TPSA) is 61.0 Å². The summed E-state index contributed by atoms with van der Waals surface area (Å²) < 4.78 is 16.0. The van der Waals surface area contributed by atoms with Gasteiger partial charge in [0.1, 0.15) is 17.3 Å². The molecule has 2 aromatic carbocycles. The molecule has 0 aliphatic carbocycles. The lowest BCUT2D eigenvalue weighted by Gasteiger charge is -2.03. The second kappa shape index (κ2) is 8.16. The maximum absolute atomic E-state index is 11.9. The van der Waals surface area contributed by atoms with Crippen molar-refractivity contribution in [1.29, 1.82) is 0 Å². The van der Waals surface area contributed by atoms with E-state index >= 15 is 0 Å². The van der Waals surface area contributed by atoms with E-state index in [1.54, 1.807) is 38.4 Å². The van der Waals surface area contributed by atoms with Gasteiger partial charge < -0.3 is 13.9 Å². The van der Waals surface area contributed by atoms with Gasteiger partial charge in [-0.2, -0.15) is 0 Å². The molecule has 1 aromatic heterocycles. The molecule has 3 aromatic rings. The molecule has 5 nitrogen and oxygen atoms in total. The van der Waals surface area contributed by atoms with Crippen molar-refractivity contribution in [1.82, 2.24) is 0 Å².